The van der Waals surface area contributed by atoms with Crippen LogP contribution in [0.5, 0.6) is 0 Å². The number of benzene rings is 1. The van der Waals surface area contributed by atoms with E-state index in [1.807, 2.05) is 32.9 Å². The Labute approximate surface area is 138 Å². The Kier molecular flexibility index (Phi) is 4.87. The molecule has 0 aliphatic carbocycles. The average molecular weight is 372 g/mol. The van der Waals surface area contributed by atoms with Gasteiger partial charge in [0.2, 0.25) is 0 Å². The molecule has 0 saturated carbocycles. The largest absolute Gasteiger partial charge is 0.444 e. The van der Waals surface area contributed by atoms with Crippen molar-refractivity contribution < 1.29 is 14.6 Å². The van der Waals surface area contributed by atoms with Gasteiger partial charge in [-0.3, -0.25) is 0 Å². The number of hydrogen-bond acceptors (Lipinski definition) is 5. The third kappa shape index (κ3) is 4.27. The molecule has 1 saturated heterocycles. The van der Waals surface area contributed by atoms with Crippen molar-refractivity contribution in [1.29, 1.82) is 0 Å². The zero-order valence-electron chi connectivity index (χ0n) is 13.0. The summed E-state index contributed by atoms with van der Waals surface area (Å²) in [5.41, 5.74) is 6.71. The van der Waals surface area contributed by atoms with Gasteiger partial charge in [-0.05, 0) is 39.0 Å². The number of aliphatic hydroxyl groups excluding tert-OH is 1. The molecule has 1 aliphatic heterocycles. The molecule has 0 bridgehead atoms. The molecule has 4 N–H and O–H groups in total. The molecule has 2 unspecified atom stereocenters. The summed E-state index contributed by atoms with van der Waals surface area (Å²) in [4.78, 5) is 13.6. The van der Waals surface area contributed by atoms with Crippen molar-refractivity contribution in [2.45, 2.75) is 38.5 Å². The summed E-state index contributed by atoms with van der Waals surface area (Å²) in [6.07, 6.45) is -1.09. The third-order valence-corrected chi connectivity index (χ3v) is 3.79. The average Bonchev–Trinajstić information content (AvgIpc) is 2.72. The number of carbonyl (C=O) groups is 1. The Morgan fingerprint density at radius 3 is 2.73 bits per heavy atom. The van der Waals surface area contributed by atoms with Crippen LogP contribution in [-0.4, -0.2) is 46.9 Å². The van der Waals surface area contributed by atoms with Crippen LogP contribution in [0.4, 0.5) is 16.2 Å². The molecule has 6 nitrogen and oxygen atoms in total. The second-order valence-corrected chi connectivity index (χ2v) is 7.35. The summed E-state index contributed by atoms with van der Waals surface area (Å²) >= 11 is 3.35. The molecular weight excluding hydrogens is 350 g/mol. The van der Waals surface area contributed by atoms with Gasteiger partial charge in [0.25, 0.3) is 0 Å². The van der Waals surface area contributed by atoms with E-state index in [2.05, 4.69) is 21.2 Å². The number of nitrogens with zero attached hydrogens (tertiary/aromatic N) is 1. The lowest BCUT2D eigenvalue weighted by molar-refractivity contribution is 0.0270. The van der Waals surface area contributed by atoms with Crippen molar-refractivity contribution in [3.8, 4) is 0 Å². The van der Waals surface area contributed by atoms with Crippen LogP contribution in [0.15, 0.2) is 22.7 Å². The van der Waals surface area contributed by atoms with Gasteiger partial charge in [-0.2, -0.15) is 0 Å². The van der Waals surface area contributed by atoms with E-state index >= 15 is 0 Å². The van der Waals surface area contributed by atoms with Gasteiger partial charge in [0.15, 0.2) is 0 Å². The first-order valence-corrected chi connectivity index (χ1v) is 7.92. The second-order valence-electron chi connectivity index (χ2n) is 6.44. The van der Waals surface area contributed by atoms with Crippen LogP contribution in [0, 0.1) is 0 Å². The van der Waals surface area contributed by atoms with E-state index < -0.39 is 17.8 Å². The summed E-state index contributed by atoms with van der Waals surface area (Å²) in [7, 11) is 0. The number of carbonyl (C=O) groups excluding carboxylic acids is 1. The fraction of sp³-hybridized carbons (Fsp3) is 0.533. The molecule has 0 radical (unpaired) electrons. The summed E-state index contributed by atoms with van der Waals surface area (Å²) < 4.78 is 6.21. The second kappa shape index (κ2) is 6.34. The Bertz CT molecular complexity index is 559. The van der Waals surface area contributed by atoms with Gasteiger partial charge in [-0.1, -0.05) is 15.9 Å². The van der Waals surface area contributed by atoms with Gasteiger partial charge < -0.3 is 25.8 Å². The zero-order chi connectivity index (χ0) is 16.5. The standard InChI is InChI=1S/C15H22BrN3O3/c1-15(2,3)22-14(21)19-7-12(13(20)8-19)18-11-5-4-9(16)6-10(11)17/h4-6,12-13,18,20H,7-8,17H2,1-3H3. The van der Waals surface area contributed by atoms with Crippen LogP contribution < -0.4 is 11.1 Å². The van der Waals surface area contributed by atoms with Crippen LogP contribution >= 0.6 is 15.9 Å². The third-order valence-electron chi connectivity index (χ3n) is 3.30. The predicted molar refractivity (Wildman–Crippen MR) is 89.8 cm³/mol. The normalized spacial score (nSPS) is 21.8. The zero-order valence-corrected chi connectivity index (χ0v) is 14.6. The quantitative estimate of drug-likeness (QED) is 0.694. The number of nitrogens with two attached hydrogens (primary N) is 1. The first-order chi connectivity index (χ1) is 10.2. The van der Waals surface area contributed by atoms with E-state index in [4.69, 9.17) is 10.5 Å². The van der Waals surface area contributed by atoms with E-state index in [1.54, 1.807) is 6.07 Å². The van der Waals surface area contributed by atoms with Gasteiger partial charge in [0, 0.05) is 11.0 Å². The molecule has 2 atom stereocenters. The molecule has 22 heavy (non-hydrogen) atoms. The first-order valence-electron chi connectivity index (χ1n) is 7.13. The van der Waals surface area contributed by atoms with Crippen molar-refractivity contribution in [2.24, 2.45) is 0 Å². The van der Waals surface area contributed by atoms with Crippen molar-refractivity contribution in [3.63, 3.8) is 0 Å². The number of nitrogens with one attached hydrogen (secondary N) is 1. The Morgan fingerprint density at radius 2 is 2.14 bits per heavy atom. The molecule has 1 amide bonds. The lowest BCUT2D eigenvalue weighted by Gasteiger charge is -2.24. The molecule has 2 rings (SSSR count). The SMILES string of the molecule is CC(C)(C)OC(=O)N1CC(O)C(Nc2ccc(Br)cc2N)C1. The van der Waals surface area contributed by atoms with Crippen LogP contribution in [0.3, 0.4) is 0 Å². The molecule has 1 aromatic rings. The number of nitrogen functional groups attached to an aromatic ring is 1. The van der Waals surface area contributed by atoms with Crippen molar-refractivity contribution in [3.05, 3.63) is 22.7 Å². The predicted octanol–water partition coefficient (Wildman–Crippen LogP) is 2.42. The van der Waals surface area contributed by atoms with E-state index in [9.17, 15) is 9.90 Å². The summed E-state index contributed by atoms with van der Waals surface area (Å²) in [6, 6.07) is 5.21. The Hall–Kier alpha value is -1.47. The lowest BCUT2D eigenvalue weighted by atomic mass is 10.2. The maximum atomic E-state index is 12.1. The summed E-state index contributed by atoms with van der Waals surface area (Å²) in [5.74, 6) is 0. The lowest BCUT2D eigenvalue weighted by Crippen LogP contribution is -2.36. The minimum absolute atomic E-state index is 0.239. The smallest absolute Gasteiger partial charge is 0.410 e. The highest BCUT2D eigenvalue weighted by Gasteiger charge is 2.36. The Balaban J connectivity index is 2.00. The van der Waals surface area contributed by atoms with Gasteiger partial charge >= 0.3 is 6.09 Å². The van der Waals surface area contributed by atoms with Gasteiger partial charge in [0.05, 0.1) is 30.1 Å². The molecule has 7 heteroatoms. The molecule has 0 aromatic heterocycles. The molecule has 1 heterocycles. The minimum atomic E-state index is -0.671. The Morgan fingerprint density at radius 1 is 1.45 bits per heavy atom. The number of amides is 1. The van der Waals surface area contributed by atoms with Crippen molar-refractivity contribution in [1.82, 2.24) is 4.90 Å². The van der Waals surface area contributed by atoms with E-state index in [0.717, 1.165) is 10.2 Å². The van der Waals surface area contributed by atoms with Gasteiger partial charge in [0.1, 0.15) is 5.60 Å². The molecule has 122 valence electrons. The maximum absolute atomic E-state index is 12.1. The molecular formula is C15H22BrN3O3. The molecule has 1 aromatic carbocycles. The molecule has 1 aliphatic rings. The maximum Gasteiger partial charge on any atom is 0.410 e. The molecule has 0 spiro atoms. The highest BCUT2D eigenvalue weighted by Crippen LogP contribution is 2.26. The topological polar surface area (TPSA) is 87.8 Å². The van der Waals surface area contributed by atoms with Crippen LogP contribution in [0.2, 0.25) is 0 Å². The number of aliphatic hydroxyl groups is 1. The summed E-state index contributed by atoms with van der Waals surface area (Å²) in [6.45, 7) is 6.05. The summed E-state index contributed by atoms with van der Waals surface area (Å²) in [5, 5.41) is 13.3. The highest BCUT2D eigenvalue weighted by atomic mass is 79.9. The first kappa shape index (κ1) is 16.9. The van der Waals surface area contributed by atoms with Gasteiger partial charge in [-0.15, -0.1) is 0 Å². The number of β-amino-alcohol motifs (C(OH)–C–C–N with tert-alkyl or cyclic N) is 1. The monoisotopic (exact) mass is 371 g/mol. The van der Waals surface area contributed by atoms with Crippen LogP contribution in [0.25, 0.3) is 0 Å². The fourth-order valence-corrected chi connectivity index (χ4v) is 2.65. The number of anilines is 2. The van der Waals surface area contributed by atoms with Crippen LogP contribution in [-0.2, 0) is 4.74 Å². The van der Waals surface area contributed by atoms with Crippen LogP contribution in [0.1, 0.15) is 20.8 Å². The molecule has 1 fully saturated rings. The van der Waals surface area contributed by atoms with Gasteiger partial charge in [-0.25, -0.2) is 4.79 Å². The highest BCUT2D eigenvalue weighted by molar-refractivity contribution is 9.10. The fourth-order valence-electron chi connectivity index (χ4n) is 2.27. The van der Waals surface area contributed by atoms with E-state index in [-0.39, 0.29) is 12.6 Å². The van der Waals surface area contributed by atoms with E-state index in [0.29, 0.717) is 12.2 Å². The number of hydrogen-bond donors (Lipinski definition) is 3. The minimum Gasteiger partial charge on any atom is -0.444 e. The number of rotatable bonds is 2. The van der Waals surface area contributed by atoms with E-state index in [1.165, 1.54) is 4.90 Å². The number of likely N-dealkylation sites (tertiary alicyclic amines) is 1. The van der Waals surface area contributed by atoms with Crippen molar-refractivity contribution >= 4 is 33.4 Å². The number of ether oxygens (including phenoxy) is 1. The number of halogens is 1. The van der Waals surface area contributed by atoms with Crippen molar-refractivity contribution in [2.75, 3.05) is 24.1 Å².